The standard InChI is InChI=1S/C23H34N4O4/c1-23(2,30)15-26-11-10-20(25-26)24-22(29)19(12-16-6-3-4-7-16)27-14-18(13-21(27)28)31-17-8-5-9-17/h10-11,13-14,16-17,19,28,30H,3-9,12,15H2,1-2H3,(H,24,25,29)/t19-/m0/s1. The van der Waals surface area contributed by atoms with Gasteiger partial charge in [0.05, 0.1) is 24.4 Å². The molecule has 0 unspecified atom stereocenters. The van der Waals surface area contributed by atoms with Crippen LogP contribution in [0.3, 0.4) is 0 Å². The summed E-state index contributed by atoms with van der Waals surface area (Å²) < 4.78 is 9.17. The molecule has 8 heteroatoms. The summed E-state index contributed by atoms with van der Waals surface area (Å²) in [7, 11) is 0. The molecule has 2 heterocycles. The number of aromatic hydroxyl groups is 1. The molecule has 0 bridgehead atoms. The molecule has 0 aliphatic heterocycles. The first-order valence-electron chi connectivity index (χ1n) is 11.4. The van der Waals surface area contributed by atoms with Crippen molar-refractivity contribution in [2.75, 3.05) is 5.32 Å². The fourth-order valence-corrected chi connectivity index (χ4v) is 4.47. The average molecular weight is 431 g/mol. The molecule has 1 amide bonds. The quantitative estimate of drug-likeness (QED) is 0.561. The third-order valence-electron chi connectivity index (χ3n) is 6.27. The zero-order valence-electron chi connectivity index (χ0n) is 18.5. The van der Waals surface area contributed by atoms with Crippen LogP contribution < -0.4 is 10.1 Å². The second-order valence-corrected chi connectivity index (χ2v) is 9.71. The minimum absolute atomic E-state index is 0.0417. The first-order chi connectivity index (χ1) is 14.8. The number of hydrogen-bond donors (Lipinski definition) is 3. The van der Waals surface area contributed by atoms with Crippen LogP contribution in [0.5, 0.6) is 11.6 Å². The highest BCUT2D eigenvalue weighted by Gasteiger charge is 2.30. The van der Waals surface area contributed by atoms with Crippen molar-refractivity contribution in [3.8, 4) is 11.6 Å². The molecule has 2 aliphatic carbocycles. The Kier molecular flexibility index (Phi) is 6.27. The van der Waals surface area contributed by atoms with Gasteiger partial charge in [0.1, 0.15) is 11.8 Å². The Labute approximate surface area is 183 Å². The number of carbonyl (C=O) groups is 1. The maximum atomic E-state index is 13.3. The van der Waals surface area contributed by atoms with Crippen molar-refractivity contribution < 1.29 is 19.7 Å². The molecule has 31 heavy (non-hydrogen) atoms. The second-order valence-electron chi connectivity index (χ2n) is 9.71. The van der Waals surface area contributed by atoms with Gasteiger partial charge in [-0.15, -0.1) is 0 Å². The summed E-state index contributed by atoms with van der Waals surface area (Å²) in [5, 5.41) is 27.8. The van der Waals surface area contributed by atoms with Crippen LogP contribution in [-0.4, -0.2) is 42.2 Å². The zero-order valence-corrected chi connectivity index (χ0v) is 18.5. The van der Waals surface area contributed by atoms with E-state index in [-0.39, 0.29) is 17.9 Å². The molecule has 2 aliphatic rings. The molecule has 0 saturated heterocycles. The van der Waals surface area contributed by atoms with E-state index in [0.29, 0.717) is 30.5 Å². The summed E-state index contributed by atoms with van der Waals surface area (Å²) in [5.74, 6) is 1.34. The van der Waals surface area contributed by atoms with E-state index < -0.39 is 11.6 Å². The molecule has 2 saturated carbocycles. The molecule has 2 aromatic rings. The van der Waals surface area contributed by atoms with E-state index in [0.717, 1.165) is 25.7 Å². The Balaban J connectivity index is 1.50. The lowest BCUT2D eigenvalue weighted by Crippen LogP contribution is -2.28. The number of aliphatic hydroxyl groups is 1. The predicted molar refractivity (Wildman–Crippen MR) is 117 cm³/mol. The fourth-order valence-electron chi connectivity index (χ4n) is 4.47. The maximum Gasteiger partial charge on any atom is 0.248 e. The van der Waals surface area contributed by atoms with Gasteiger partial charge in [-0.3, -0.25) is 9.48 Å². The van der Waals surface area contributed by atoms with Gasteiger partial charge in [0, 0.05) is 18.3 Å². The molecular weight excluding hydrogens is 396 g/mol. The average Bonchev–Trinajstić information content (AvgIpc) is 3.37. The van der Waals surface area contributed by atoms with Crippen molar-refractivity contribution in [1.29, 1.82) is 0 Å². The van der Waals surface area contributed by atoms with Gasteiger partial charge >= 0.3 is 0 Å². The topological polar surface area (TPSA) is 102 Å². The van der Waals surface area contributed by atoms with Crippen LogP contribution >= 0.6 is 0 Å². The van der Waals surface area contributed by atoms with Crippen LogP contribution in [0.4, 0.5) is 5.82 Å². The van der Waals surface area contributed by atoms with Gasteiger partial charge in [-0.2, -0.15) is 5.10 Å². The minimum atomic E-state index is -0.897. The van der Waals surface area contributed by atoms with E-state index in [4.69, 9.17) is 4.74 Å². The third kappa shape index (κ3) is 5.61. The summed E-state index contributed by atoms with van der Waals surface area (Å²) in [5.41, 5.74) is -0.897. The largest absolute Gasteiger partial charge is 0.494 e. The monoisotopic (exact) mass is 430 g/mol. The summed E-state index contributed by atoms with van der Waals surface area (Å²) in [4.78, 5) is 13.3. The first kappa shape index (κ1) is 21.7. The van der Waals surface area contributed by atoms with Gasteiger partial charge in [-0.25, -0.2) is 0 Å². The molecule has 170 valence electrons. The number of aromatic nitrogens is 3. The number of carbonyl (C=O) groups excluding carboxylic acids is 1. The summed E-state index contributed by atoms with van der Waals surface area (Å²) in [6.45, 7) is 3.75. The Morgan fingerprint density at radius 2 is 2.03 bits per heavy atom. The number of ether oxygens (including phenoxy) is 1. The molecule has 2 fully saturated rings. The fraction of sp³-hybridized carbons (Fsp3) is 0.652. The SMILES string of the molecule is CC(C)(O)Cn1ccc(NC(=O)[C@H](CC2CCCC2)n2cc(OC3CCC3)cc2O)n1. The van der Waals surface area contributed by atoms with Crippen molar-refractivity contribution in [2.24, 2.45) is 5.92 Å². The predicted octanol–water partition coefficient (Wildman–Crippen LogP) is 3.85. The van der Waals surface area contributed by atoms with E-state index in [2.05, 4.69) is 10.4 Å². The lowest BCUT2D eigenvalue weighted by atomic mass is 9.96. The highest BCUT2D eigenvalue weighted by Crippen LogP contribution is 2.36. The Morgan fingerprint density at radius 1 is 1.29 bits per heavy atom. The van der Waals surface area contributed by atoms with Gasteiger partial charge in [0.25, 0.3) is 0 Å². The number of nitrogens with zero attached hydrogens (tertiary/aromatic N) is 3. The van der Waals surface area contributed by atoms with Gasteiger partial charge in [-0.1, -0.05) is 25.7 Å². The zero-order chi connectivity index (χ0) is 22.0. The number of hydrogen-bond acceptors (Lipinski definition) is 5. The number of anilines is 1. The Morgan fingerprint density at radius 3 is 2.68 bits per heavy atom. The third-order valence-corrected chi connectivity index (χ3v) is 6.27. The molecule has 8 nitrogen and oxygen atoms in total. The summed E-state index contributed by atoms with van der Waals surface area (Å²) in [6.07, 6.45) is 12.2. The van der Waals surface area contributed by atoms with E-state index in [9.17, 15) is 15.0 Å². The van der Waals surface area contributed by atoms with Crippen molar-refractivity contribution in [1.82, 2.24) is 14.3 Å². The van der Waals surface area contributed by atoms with Crippen molar-refractivity contribution in [3.05, 3.63) is 24.5 Å². The van der Waals surface area contributed by atoms with Crippen molar-refractivity contribution in [3.63, 3.8) is 0 Å². The van der Waals surface area contributed by atoms with Crippen molar-refractivity contribution in [2.45, 2.75) is 89.5 Å². The normalized spacial score (nSPS) is 18.7. The molecule has 0 spiro atoms. The first-order valence-corrected chi connectivity index (χ1v) is 11.4. The van der Waals surface area contributed by atoms with Crippen LogP contribution in [0.2, 0.25) is 0 Å². The molecule has 1 atom stereocenters. The molecule has 0 radical (unpaired) electrons. The highest BCUT2D eigenvalue weighted by molar-refractivity contribution is 5.93. The number of amides is 1. The number of nitrogens with one attached hydrogen (secondary N) is 1. The molecular formula is C23H34N4O4. The van der Waals surface area contributed by atoms with Gasteiger partial charge < -0.3 is 24.8 Å². The van der Waals surface area contributed by atoms with Crippen LogP contribution in [0, 0.1) is 5.92 Å². The van der Waals surface area contributed by atoms with Gasteiger partial charge in [0.2, 0.25) is 5.91 Å². The Hall–Kier alpha value is -2.48. The number of rotatable bonds is 9. The van der Waals surface area contributed by atoms with E-state index >= 15 is 0 Å². The Bertz CT molecular complexity index is 888. The van der Waals surface area contributed by atoms with E-state index in [1.165, 1.54) is 19.3 Å². The second kappa shape index (κ2) is 8.94. The van der Waals surface area contributed by atoms with E-state index in [1.807, 2.05) is 0 Å². The van der Waals surface area contributed by atoms with Crippen LogP contribution in [-0.2, 0) is 11.3 Å². The minimum Gasteiger partial charge on any atom is -0.494 e. The molecule has 0 aromatic carbocycles. The van der Waals surface area contributed by atoms with Crippen LogP contribution in [0.15, 0.2) is 24.5 Å². The van der Waals surface area contributed by atoms with Crippen LogP contribution in [0.25, 0.3) is 0 Å². The lowest BCUT2D eigenvalue weighted by Gasteiger charge is -2.25. The van der Waals surface area contributed by atoms with Crippen molar-refractivity contribution >= 4 is 11.7 Å². The maximum absolute atomic E-state index is 13.3. The lowest BCUT2D eigenvalue weighted by molar-refractivity contribution is -0.119. The summed E-state index contributed by atoms with van der Waals surface area (Å²) in [6, 6.07) is 2.78. The van der Waals surface area contributed by atoms with Crippen LogP contribution in [0.1, 0.15) is 71.3 Å². The highest BCUT2D eigenvalue weighted by atomic mass is 16.5. The molecule has 3 N–H and O–H groups in total. The summed E-state index contributed by atoms with van der Waals surface area (Å²) >= 11 is 0. The van der Waals surface area contributed by atoms with Gasteiger partial charge in [0.15, 0.2) is 11.7 Å². The van der Waals surface area contributed by atoms with Gasteiger partial charge in [-0.05, 0) is 45.4 Å². The molecule has 4 rings (SSSR count). The smallest absolute Gasteiger partial charge is 0.248 e. The van der Waals surface area contributed by atoms with E-state index in [1.54, 1.807) is 47.6 Å². The molecule has 2 aromatic heterocycles.